The van der Waals surface area contributed by atoms with E-state index in [0.717, 1.165) is 12.8 Å². The Balaban J connectivity index is 2.09. The summed E-state index contributed by atoms with van der Waals surface area (Å²) in [6.07, 6.45) is 6.94. The van der Waals surface area contributed by atoms with Crippen LogP contribution in [-0.2, 0) is 18.4 Å². The van der Waals surface area contributed by atoms with Crippen molar-refractivity contribution >= 4 is 27.3 Å². The first-order valence-corrected chi connectivity index (χ1v) is 6.84. The smallest absolute Gasteiger partial charge is 0.100 e. The lowest BCUT2D eigenvalue weighted by molar-refractivity contribution is 0.155. The molecule has 0 aromatic carbocycles. The van der Waals surface area contributed by atoms with Gasteiger partial charge in [-0.05, 0) is 60.0 Å². The molecule has 0 radical (unpaired) electrons. The Labute approximate surface area is 96.3 Å². The van der Waals surface area contributed by atoms with Gasteiger partial charge in [-0.25, -0.2) is 0 Å². The second kappa shape index (κ2) is 3.06. The summed E-state index contributed by atoms with van der Waals surface area (Å²) in [5, 5.41) is 10.1. The molecular weight excluding hydrogens is 260 g/mol. The van der Waals surface area contributed by atoms with E-state index in [0.29, 0.717) is 0 Å². The highest BCUT2D eigenvalue weighted by Gasteiger charge is 2.45. The molecule has 0 amide bonds. The zero-order chi connectivity index (χ0) is 9.76. The lowest BCUT2D eigenvalue weighted by Crippen LogP contribution is -2.02. The van der Waals surface area contributed by atoms with E-state index in [4.69, 9.17) is 0 Å². The van der Waals surface area contributed by atoms with Crippen LogP contribution < -0.4 is 0 Å². The van der Waals surface area contributed by atoms with E-state index in [1.165, 1.54) is 45.5 Å². The minimum atomic E-state index is -0.458. The van der Waals surface area contributed by atoms with Gasteiger partial charge in [-0.15, -0.1) is 11.3 Å². The van der Waals surface area contributed by atoms with Crippen LogP contribution in [0.25, 0.3) is 0 Å². The van der Waals surface area contributed by atoms with E-state index >= 15 is 0 Å². The fourth-order valence-corrected chi connectivity index (χ4v) is 4.78. The van der Waals surface area contributed by atoms with Crippen molar-refractivity contribution in [1.82, 2.24) is 0 Å². The summed E-state index contributed by atoms with van der Waals surface area (Å²) in [6, 6.07) is 0. The summed E-state index contributed by atoms with van der Waals surface area (Å²) in [4.78, 5) is 2.71. The Bertz CT molecular complexity index is 379. The number of rotatable bonds is 1. The maximum absolute atomic E-state index is 10.1. The van der Waals surface area contributed by atoms with Gasteiger partial charge in [0.1, 0.15) is 5.60 Å². The summed E-state index contributed by atoms with van der Waals surface area (Å²) in [5.41, 5.74) is 1.03. The van der Waals surface area contributed by atoms with Gasteiger partial charge in [0, 0.05) is 9.35 Å². The maximum atomic E-state index is 10.1. The molecule has 0 saturated heterocycles. The molecule has 0 bridgehead atoms. The second-order valence-electron chi connectivity index (χ2n) is 4.39. The van der Waals surface area contributed by atoms with Crippen LogP contribution >= 0.6 is 27.3 Å². The monoisotopic (exact) mass is 272 g/mol. The van der Waals surface area contributed by atoms with Crippen LogP contribution in [0.5, 0.6) is 0 Å². The molecule has 0 spiro atoms. The Kier molecular flexibility index (Phi) is 2.05. The van der Waals surface area contributed by atoms with Crippen molar-refractivity contribution in [2.45, 2.75) is 44.1 Å². The van der Waals surface area contributed by atoms with Gasteiger partial charge in [-0.3, -0.25) is 0 Å². The van der Waals surface area contributed by atoms with Crippen molar-refractivity contribution in [1.29, 1.82) is 0 Å². The predicted molar refractivity (Wildman–Crippen MR) is 61.8 cm³/mol. The molecule has 1 aromatic rings. The molecule has 0 unspecified atom stereocenters. The number of aryl methyl sites for hydroxylation is 1. The predicted octanol–water partition coefficient (Wildman–Crippen LogP) is 3.37. The highest BCUT2D eigenvalue weighted by Crippen LogP contribution is 2.53. The lowest BCUT2D eigenvalue weighted by Gasteiger charge is -2.10. The molecular formula is C11H13BrOS. The Morgan fingerprint density at radius 1 is 1.21 bits per heavy atom. The molecule has 1 N–H and O–H groups in total. The molecule has 14 heavy (non-hydrogen) atoms. The Hall–Kier alpha value is 0.140. The Morgan fingerprint density at radius 3 is 2.57 bits per heavy atom. The summed E-state index contributed by atoms with van der Waals surface area (Å²) in [7, 11) is 0. The zero-order valence-electron chi connectivity index (χ0n) is 7.98. The minimum Gasteiger partial charge on any atom is -0.384 e. The zero-order valence-corrected chi connectivity index (χ0v) is 10.4. The third kappa shape index (κ3) is 1.29. The summed E-state index contributed by atoms with van der Waals surface area (Å²) < 4.78 is 1.22. The SMILES string of the molecule is OC1(c2sc3c(c2Br)CCCC3)CC1. The van der Waals surface area contributed by atoms with Crippen molar-refractivity contribution < 1.29 is 5.11 Å². The normalized spacial score (nSPS) is 23.3. The molecule has 0 atom stereocenters. The fourth-order valence-electron chi connectivity index (χ4n) is 2.17. The van der Waals surface area contributed by atoms with Gasteiger partial charge in [0.05, 0.1) is 4.88 Å². The molecule has 1 aromatic heterocycles. The van der Waals surface area contributed by atoms with Gasteiger partial charge in [0.2, 0.25) is 0 Å². The average Bonchev–Trinajstić information content (AvgIpc) is 2.84. The van der Waals surface area contributed by atoms with Gasteiger partial charge >= 0.3 is 0 Å². The van der Waals surface area contributed by atoms with E-state index in [-0.39, 0.29) is 0 Å². The van der Waals surface area contributed by atoms with Crippen molar-refractivity contribution in [3.8, 4) is 0 Å². The molecule has 76 valence electrons. The summed E-state index contributed by atoms with van der Waals surface area (Å²) >= 11 is 5.50. The van der Waals surface area contributed by atoms with Crippen LogP contribution in [0.4, 0.5) is 0 Å². The first-order chi connectivity index (χ1) is 6.71. The largest absolute Gasteiger partial charge is 0.384 e. The van der Waals surface area contributed by atoms with E-state index in [2.05, 4.69) is 15.9 Å². The van der Waals surface area contributed by atoms with Gasteiger partial charge in [0.25, 0.3) is 0 Å². The minimum absolute atomic E-state index is 0.458. The first kappa shape index (κ1) is 9.37. The fraction of sp³-hybridized carbons (Fsp3) is 0.636. The van der Waals surface area contributed by atoms with E-state index in [1.54, 1.807) is 0 Å². The number of hydrogen-bond acceptors (Lipinski definition) is 2. The van der Waals surface area contributed by atoms with Crippen molar-refractivity contribution in [3.05, 3.63) is 19.8 Å². The molecule has 1 heterocycles. The number of halogens is 1. The number of aliphatic hydroxyl groups is 1. The molecule has 3 heteroatoms. The number of hydrogen-bond donors (Lipinski definition) is 1. The standard InChI is InChI=1S/C11H13BrOS/c12-9-7-3-1-2-4-8(7)14-10(9)11(13)5-6-11/h13H,1-6H2. The average molecular weight is 273 g/mol. The molecule has 3 rings (SSSR count). The number of fused-ring (bicyclic) bond motifs is 1. The van der Waals surface area contributed by atoms with Crippen LogP contribution in [0.2, 0.25) is 0 Å². The van der Waals surface area contributed by atoms with E-state index in [9.17, 15) is 5.11 Å². The third-order valence-electron chi connectivity index (χ3n) is 3.25. The number of thiophene rings is 1. The van der Waals surface area contributed by atoms with Gasteiger partial charge in [0.15, 0.2) is 0 Å². The van der Waals surface area contributed by atoms with Gasteiger partial charge in [-0.1, -0.05) is 0 Å². The van der Waals surface area contributed by atoms with Crippen LogP contribution in [0.1, 0.15) is 41.0 Å². The van der Waals surface area contributed by atoms with Crippen LogP contribution in [0, 0.1) is 0 Å². The van der Waals surface area contributed by atoms with Crippen LogP contribution in [0.15, 0.2) is 4.47 Å². The molecule has 1 nitrogen and oxygen atoms in total. The highest BCUT2D eigenvalue weighted by atomic mass is 79.9. The highest BCUT2D eigenvalue weighted by molar-refractivity contribution is 9.10. The Morgan fingerprint density at radius 2 is 1.93 bits per heavy atom. The van der Waals surface area contributed by atoms with E-state index < -0.39 is 5.60 Å². The molecule has 2 aliphatic rings. The third-order valence-corrected chi connectivity index (χ3v) is 5.88. The van der Waals surface area contributed by atoms with Gasteiger partial charge < -0.3 is 5.11 Å². The second-order valence-corrected chi connectivity index (χ2v) is 6.28. The summed E-state index contributed by atoms with van der Waals surface area (Å²) in [5.74, 6) is 0. The first-order valence-electron chi connectivity index (χ1n) is 5.24. The van der Waals surface area contributed by atoms with Gasteiger partial charge in [-0.2, -0.15) is 0 Å². The molecule has 2 aliphatic carbocycles. The van der Waals surface area contributed by atoms with E-state index in [1.807, 2.05) is 11.3 Å². The molecule has 1 saturated carbocycles. The summed E-state index contributed by atoms with van der Waals surface area (Å²) in [6.45, 7) is 0. The van der Waals surface area contributed by atoms with Crippen LogP contribution in [0.3, 0.4) is 0 Å². The quantitative estimate of drug-likeness (QED) is 0.831. The van der Waals surface area contributed by atoms with Crippen molar-refractivity contribution in [3.63, 3.8) is 0 Å². The topological polar surface area (TPSA) is 20.2 Å². The van der Waals surface area contributed by atoms with Crippen molar-refractivity contribution in [2.75, 3.05) is 0 Å². The maximum Gasteiger partial charge on any atom is 0.100 e. The van der Waals surface area contributed by atoms with Crippen LogP contribution in [-0.4, -0.2) is 5.11 Å². The molecule has 0 aliphatic heterocycles. The van der Waals surface area contributed by atoms with Crippen molar-refractivity contribution in [2.24, 2.45) is 0 Å². The lowest BCUT2D eigenvalue weighted by atomic mass is 9.99. The molecule has 1 fully saturated rings.